The highest BCUT2D eigenvalue weighted by molar-refractivity contribution is 5.85. The van der Waals surface area contributed by atoms with Crippen LogP contribution in [0.15, 0.2) is 0 Å². The third-order valence-corrected chi connectivity index (χ3v) is 3.25. The number of amides is 1. The summed E-state index contributed by atoms with van der Waals surface area (Å²) in [5.74, 6) is 0.954. The van der Waals surface area contributed by atoms with Gasteiger partial charge in [0.1, 0.15) is 0 Å². The third kappa shape index (κ3) is 6.24. The van der Waals surface area contributed by atoms with Crippen LogP contribution in [0.1, 0.15) is 19.8 Å². The molecule has 0 radical (unpaired) electrons. The van der Waals surface area contributed by atoms with Crippen LogP contribution in [-0.2, 0) is 4.79 Å². The second-order valence-corrected chi connectivity index (χ2v) is 4.95. The molecule has 2 N–H and O–H groups in total. The smallest absolute Gasteiger partial charge is 0.223 e. The molecule has 0 aliphatic carbocycles. The fourth-order valence-corrected chi connectivity index (χ4v) is 2.39. The summed E-state index contributed by atoms with van der Waals surface area (Å²) in [5, 5.41) is 6.12. The number of hydrogen-bond donors (Lipinski definition) is 2. The van der Waals surface area contributed by atoms with Gasteiger partial charge in [0.05, 0.1) is 0 Å². The minimum Gasteiger partial charge on any atom is -0.359 e. The molecule has 0 aromatic rings. The molecule has 1 saturated heterocycles. The van der Waals surface area contributed by atoms with Crippen LogP contribution >= 0.6 is 12.4 Å². The molecule has 1 amide bonds. The van der Waals surface area contributed by atoms with Gasteiger partial charge in [-0.05, 0) is 38.9 Å². The van der Waals surface area contributed by atoms with E-state index in [1.807, 2.05) is 6.92 Å². The van der Waals surface area contributed by atoms with Crippen molar-refractivity contribution < 1.29 is 4.79 Å². The minimum absolute atomic E-state index is 0. The summed E-state index contributed by atoms with van der Waals surface area (Å²) in [6.07, 6.45) is 2.59. The second kappa shape index (κ2) is 8.72. The molecule has 5 heteroatoms. The molecule has 1 fully saturated rings. The molecule has 0 aromatic carbocycles. The van der Waals surface area contributed by atoms with Gasteiger partial charge in [0.25, 0.3) is 0 Å². The van der Waals surface area contributed by atoms with Crippen LogP contribution in [0.2, 0.25) is 0 Å². The first-order chi connectivity index (χ1) is 7.63. The van der Waals surface area contributed by atoms with E-state index < -0.39 is 0 Å². The van der Waals surface area contributed by atoms with Crippen molar-refractivity contribution in [1.29, 1.82) is 0 Å². The van der Waals surface area contributed by atoms with Crippen LogP contribution in [0.5, 0.6) is 0 Å². The summed E-state index contributed by atoms with van der Waals surface area (Å²) >= 11 is 0. The molecule has 1 aliphatic rings. The number of halogens is 1. The van der Waals surface area contributed by atoms with Crippen molar-refractivity contribution in [3.63, 3.8) is 0 Å². The van der Waals surface area contributed by atoms with Crippen molar-refractivity contribution >= 4 is 18.3 Å². The van der Waals surface area contributed by atoms with E-state index in [9.17, 15) is 4.79 Å². The lowest BCUT2D eigenvalue weighted by molar-refractivity contribution is -0.124. The average Bonchev–Trinajstić information content (AvgIpc) is 2.29. The Balaban J connectivity index is 0.00000256. The Labute approximate surface area is 111 Å². The first kappa shape index (κ1) is 16.7. The molecular formula is C12H26ClN3O. The van der Waals surface area contributed by atoms with Crippen LogP contribution in [0.3, 0.4) is 0 Å². The van der Waals surface area contributed by atoms with Gasteiger partial charge in [-0.3, -0.25) is 4.79 Å². The van der Waals surface area contributed by atoms with E-state index in [0.717, 1.165) is 32.1 Å². The van der Waals surface area contributed by atoms with Crippen LogP contribution < -0.4 is 10.6 Å². The summed E-state index contributed by atoms with van der Waals surface area (Å²) in [7, 11) is 3.80. The van der Waals surface area contributed by atoms with Crippen molar-refractivity contribution in [3.8, 4) is 0 Å². The zero-order valence-corrected chi connectivity index (χ0v) is 12.0. The molecule has 2 atom stereocenters. The molecule has 1 rings (SSSR count). The van der Waals surface area contributed by atoms with Gasteiger partial charge in [0.2, 0.25) is 5.91 Å². The maximum atomic E-state index is 11.4. The van der Waals surface area contributed by atoms with E-state index in [0.29, 0.717) is 0 Å². The SMILES string of the molecule is CNC(=O)C(C)CN(C)CC1CCCNC1.Cl. The maximum Gasteiger partial charge on any atom is 0.223 e. The third-order valence-electron chi connectivity index (χ3n) is 3.25. The van der Waals surface area contributed by atoms with Gasteiger partial charge in [0.15, 0.2) is 0 Å². The molecule has 0 aromatic heterocycles. The monoisotopic (exact) mass is 263 g/mol. The van der Waals surface area contributed by atoms with Crippen molar-refractivity contribution in [2.24, 2.45) is 11.8 Å². The van der Waals surface area contributed by atoms with Gasteiger partial charge < -0.3 is 15.5 Å². The first-order valence-electron chi connectivity index (χ1n) is 6.24. The first-order valence-corrected chi connectivity index (χ1v) is 6.24. The van der Waals surface area contributed by atoms with Gasteiger partial charge in [-0.2, -0.15) is 0 Å². The standard InChI is InChI=1S/C12H25N3O.ClH/c1-10(12(16)13-2)8-15(3)9-11-5-4-6-14-7-11;/h10-11,14H,4-9H2,1-3H3,(H,13,16);1H. The van der Waals surface area contributed by atoms with E-state index in [1.165, 1.54) is 12.8 Å². The summed E-state index contributed by atoms with van der Waals surface area (Å²) in [4.78, 5) is 13.7. The van der Waals surface area contributed by atoms with Crippen LogP contribution in [0.4, 0.5) is 0 Å². The Kier molecular flexibility index (Phi) is 8.56. The number of piperidine rings is 1. The van der Waals surface area contributed by atoms with E-state index in [2.05, 4.69) is 22.6 Å². The van der Waals surface area contributed by atoms with Gasteiger partial charge in [-0.25, -0.2) is 0 Å². The molecular weight excluding hydrogens is 238 g/mol. The predicted molar refractivity (Wildman–Crippen MR) is 73.6 cm³/mol. The summed E-state index contributed by atoms with van der Waals surface area (Å²) in [6.45, 7) is 6.20. The Morgan fingerprint density at radius 2 is 2.29 bits per heavy atom. The lowest BCUT2D eigenvalue weighted by Gasteiger charge is -2.28. The largest absolute Gasteiger partial charge is 0.359 e. The van der Waals surface area contributed by atoms with Gasteiger partial charge in [-0.15, -0.1) is 12.4 Å². The topological polar surface area (TPSA) is 44.4 Å². The van der Waals surface area contributed by atoms with E-state index >= 15 is 0 Å². The summed E-state index contributed by atoms with van der Waals surface area (Å²) in [5.41, 5.74) is 0. The number of rotatable bonds is 5. The lowest BCUT2D eigenvalue weighted by atomic mass is 9.99. The molecule has 4 nitrogen and oxygen atoms in total. The van der Waals surface area contributed by atoms with E-state index in [1.54, 1.807) is 7.05 Å². The maximum absolute atomic E-state index is 11.4. The molecule has 102 valence electrons. The van der Waals surface area contributed by atoms with Crippen molar-refractivity contribution in [2.75, 3.05) is 40.3 Å². The fourth-order valence-electron chi connectivity index (χ4n) is 2.39. The van der Waals surface area contributed by atoms with Crippen molar-refractivity contribution in [2.45, 2.75) is 19.8 Å². The molecule has 17 heavy (non-hydrogen) atoms. The zero-order chi connectivity index (χ0) is 12.0. The van der Waals surface area contributed by atoms with Crippen molar-refractivity contribution in [3.05, 3.63) is 0 Å². The molecule has 0 bridgehead atoms. The summed E-state index contributed by atoms with van der Waals surface area (Å²) < 4.78 is 0. The summed E-state index contributed by atoms with van der Waals surface area (Å²) in [6, 6.07) is 0. The van der Waals surface area contributed by atoms with Crippen LogP contribution in [0.25, 0.3) is 0 Å². The van der Waals surface area contributed by atoms with E-state index in [-0.39, 0.29) is 24.2 Å². The Morgan fingerprint density at radius 1 is 1.59 bits per heavy atom. The number of nitrogens with zero attached hydrogens (tertiary/aromatic N) is 1. The lowest BCUT2D eigenvalue weighted by Crippen LogP contribution is -2.40. The second-order valence-electron chi connectivity index (χ2n) is 4.95. The molecule has 1 aliphatic heterocycles. The predicted octanol–water partition coefficient (Wildman–Crippen LogP) is 0.722. The van der Waals surface area contributed by atoms with Crippen LogP contribution in [0, 0.1) is 11.8 Å². The van der Waals surface area contributed by atoms with E-state index in [4.69, 9.17) is 0 Å². The van der Waals surface area contributed by atoms with Gasteiger partial charge in [-0.1, -0.05) is 6.92 Å². The van der Waals surface area contributed by atoms with Gasteiger partial charge in [0, 0.05) is 26.1 Å². The molecule has 2 unspecified atom stereocenters. The number of nitrogens with one attached hydrogen (secondary N) is 2. The molecule has 1 heterocycles. The van der Waals surface area contributed by atoms with Gasteiger partial charge >= 0.3 is 0 Å². The Hall–Kier alpha value is -0.320. The van der Waals surface area contributed by atoms with Crippen LogP contribution in [-0.4, -0.2) is 51.1 Å². The highest BCUT2D eigenvalue weighted by atomic mass is 35.5. The average molecular weight is 264 g/mol. The Morgan fingerprint density at radius 3 is 2.82 bits per heavy atom. The molecule has 0 spiro atoms. The molecule has 0 saturated carbocycles. The number of hydrogen-bond acceptors (Lipinski definition) is 3. The highest BCUT2D eigenvalue weighted by Crippen LogP contribution is 2.11. The number of carbonyl (C=O) groups excluding carboxylic acids is 1. The quantitative estimate of drug-likeness (QED) is 0.768. The minimum atomic E-state index is 0. The Bertz CT molecular complexity index is 220. The fraction of sp³-hybridized carbons (Fsp3) is 0.917. The normalized spacial score (nSPS) is 21.8. The highest BCUT2D eigenvalue weighted by Gasteiger charge is 2.18. The number of carbonyl (C=O) groups is 1. The van der Waals surface area contributed by atoms with Crippen molar-refractivity contribution in [1.82, 2.24) is 15.5 Å². The zero-order valence-electron chi connectivity index (χ0n) is 11.2.